The van der Waals surface area contributed by atoms with Gasteiger partial charge in [0, 0.05) is 24.0 Å². The summed E-state index contributed by atoms with van der Waals surface area (Å²) in [5.41, 5.74) is 1.72. The van der Waals surface area contributed by atoms with E-state index < -0.39 is 34.3 Å². The van der Waals surface area contributed by atoms with Gasteiger partial charge in [0.2, 0.25) is 11.8 Å². The van der Waals surface area contributed by atoms with Crippen LogP contribution in [0.1, 0.15) is 24.5 Å². The van der Waals surface area contributed by atoms with Gasteiger partial charge in [-0.2, -0.15) is 0 Å². The minimum absolute atomic E-state index is 0.0211. The molecule has 1 N–H and O–H groups in total. The highest BCUT2D eigenvalue weighted by Crippen LogP contribution is 2.25. The van der Waals surface area contributed by atoms with Gasteiger partial charge in [-0.05, 0) is 66.1 Å². The Morgan fingerprint density at radius 3 is 2.12 bits per heavy atom. The molecule has 0 aliphatic heterocycles. The molecule has 0 saturated heterocycles. The topological polar surface area (TPSA) is 86.8 Å². The summed E-state index contributed by atoms with van der Waals surface area (Å²) in [4.78, 5) is 29.4. The summed E-state index contributed by atoms with van der Waals surface area (Å²) in [6, 6.07) is 28.4. The number of carbonyl (C=O) groups excluding carboxylic acids is 2. The van der Waals surface area contributed by atoms with Crippen LogP contribution in [-0.4, -0.2) is 44.3 Å². The minimum atomic E-state index is -4.24. The predicted octanol–water partition coefficient (Wildman–Crippen LogP) is 5.95. The van der Waals surface area contributed by atoms with Crippen LogP contribution in [0.4, 0.5) is 10.1 Å². The van der Waals surface area contributed by atoms with Crippen molar-refractivity contribution in [3.05, 3.63) is 131 Å². The van der Waals surface area contributed by atoms with Crippen LogP contribution < -0.4 is 9.62 Å². The van der Waals surface area contributed by atoms with Gasteiger partial charge >= 0.3 is 0 Å². The fraction of sp³-hybridized carbons (Fsp3) is 0.212. The lowest BCUT2D eigenvalue weighted by atomic mass is 10.0. The highest BCUT2D eigenvalue weighted by molar-refractivity contribution is 9.10. The fourth-order valence-corrected chi connectivity index (χ4v) is 6.49. The van der Waals surface area contributed by atoms with E-state index in [1.807, 2.05) is 61.5 Å². The summed E-state index contributed by atoms with van der Waals surface area (Å²) in [6.07, 6.45) is 0.926. The van der Waals surface area contributed by atoms with E-state index >= 15 is 0 Å². The van der Waals surface area contributed by atoms with Crippen LogP contribution in [0.3, 0.4) is 0 Å². The Morgan fingerprint density at radius 1 is 0.860 bits per heavy atom. The van der Waals surface area contributed by atoms with Crippen molar-refractivity contribution in [1.29, 1.82) is 0 Å². The van der Waals surface area contributed by atoms with Crippen molar-refractivity contribution in [2.75, 3.05) is 17.4 Å². The number of halogens is 2. The van der Waals surface area contributed by atoms with Crippen molar-refractivity contribution in [1.82, 2.24) is 10.2 Å². The van der Waals surface area contributed by atoms with Crippen molar-refractivity contribution in [2.45, 2.75) is 37.2 Å². The number of carbonyl (C=O) groups is 2. The predicted molar refractivity (Wildman–Crippen MR) is 169 cm³/mol. The SMILES string of the molecule is CCCNC(=O)[C@H](Cc1ccccc1)N(Cc1cccc(Br)c1)C(=O)CN(c1ccc(F)cc1)S(=O)(=O)c1ccccc1. The molecule has 0 aliphatic carbocycles. The summed E-state index contributed by atoms with van der Waals surface area (Å²) < 4.78 is 43.4. The van der Waals surface area contributed by atoms with Crippen LogP contribution in [0, 0.1) is 5.82 Å². The molecule has 1 atom stereocenters. The van der Waals surface area contributed by atoms with Gasteiger partial charge in [-0.15, -0.1) is 0 Å². The number of sulfonamides is 1. The molecule has 0 aromatic heterocycles. The zero-order valence-corrected chi connectivity index (χ0v) is 26.1. The molecule has 0 bridgehead atoms. The van der Waals surface area contributed by atoms with Crippen molar-refractivity contribution >= 4 is 43.5 Å². The largest absolute Gasteiger partial charge is 0.354 e. The molecule has 0 spiro atoms. The second kappa shape index (κ2) is 14.9. The fourth-order valence-electron chi connectivity index (χ4n) is 4.61. The summed E-state index contributed by atoms with van der Waals surface area (Å²) in [5.74, 6) is -1.47. The van der Waals surface area contributed by atoms with E-state index in [0.29, 0.717) is 13.0 Å². The van der Waals surface area contributed by atoms with E-state index in [4.69, 9.17) is 0 Å². The van der Waals surface area contributed by atoms with Gasteiger partial charge in [0.15, 0.2) is 0 Å². The van der Waals surface area contributed by atoms with Gasteiger partial charge in [0.25, 0.3) is 10.0 Å². The number of benzene rings is 4. The number of nitrogens with one attached hydrogen (secondary N) is 1. The lowest BCUT2D eigenvalue weighted by Gasteiger charge is -2.34. The number of hydrogen-bond acceptors (Lipinski definition) is 4. The highest BCUT2D eigenvalue weighted by Gasteiger charge is 2.34. The third-order valence-corrected chi connectivity index (χ3v) is 9.07. The third kappa shape index (κ3) is 8.52. The minimum Gasteiger partial charge on any atom is -0.354 e. The average molecular weight is 667 g/mol. The first-order chi connectivity index (χ1) is 20.7. The molecular weight excluding hydrogens is 633 g/mol. The maximum Gasteiger partial charge on any atom is 0.264 e. The van der Waals surface area contributed by atoms with E-state index in [0.717, 1.165) is 32.0 Å². The molecule has 7 nitrogen and oxygen atoms in total. The summed E-state index contributed by atoms with van der Waals surface area (Å²) in [6.45, 7) is 1.81. The summed E-state index contributed by atoms with van der Waals surface area (Å²) >= 11 is 3.47. The van der Waals surface area contributed by atoms with Crippen molar-refractivity contribution in [3.8, 4) is 0 Å². The van der Waals surface area contributed by atoms with Gasteiger partial charge < -0.3 is 10.2 Å². The standard InChI is InChI=1S/C33H33BrFN3O4S/c1-2-20-36-33(40)31(22-25-10-5-3-6-11-25)37(23-26-12-9-13-27(34)21-26)32(39)24-38(29-18-16-28(35)17-19-29)43(41,42)30-14-7-4-8-15-30/h3-19,21,31H,2,20,22-24H2,1H3,(H,36,40)/t31-/m0/s1. The van der Waals surface area contributed by atoms with Crippen LogP contribution in [0.5, 0.6) is 0 Å². The van der Waals surface area contributed by atoms with Crippen LogP contribution in [0.2, 0.25) is 0 Å². The first-order valence-electron chi connectivity index (χ1n) is 13.9. The highest BCUT2D eigenvalue weighted by atomic mass is 79.9. The average Bonchev–Trinajstić information content (AvgIpc) is 3.01. The molecule has 10 heteroatoms. The Bertz CT molecular complexity index is 1620. The van der Waals surface area contributed by atoms with Gasteiger partial charge in [-0.1, -0.05) is 83.5 Å². The number of anilines is 1. The second-order valence-electron chi connectivity index (χ2n) is 9.95. The Balaban J connectivity index is 1.78. The normalized spacial score (nSPS) is 11.9. The number of amides is 2. The van der Waals surface area contributed by atoms with Crippen LogP contribution in [0.25, 0.3) is 0 Å². The zero-order chi connectivity index (χ0) is 30.8. The van der Waals surface area contributed by atoms with Crippen molar-refractivity contribution < 1.29 is 22.4 Å². The monoisotopic (exact) mass is 665 g/mol. The Hall–Kier alpha value is -4.02. The van der Waals surface area contributed by atoms with Crippen molar-refractivity contribution in [2.24, 2.45) is 0 Å². The number of rotatable bonds is 13. The maximum atomic E-state index is 14.3. The molecule has 0 fully saturated rings. The Kier molecular flexibility index (Phi) is 11.1. The Labute approximate surface area is 260 Å². The molecule has 0 radical (unpaired) electrons. The second-order valence-corrected chi connectivity index (χ2v) is 12.7. The quantitative estimate of drug-likeness (QED) is 0.191. The summed E-state index contributed by atoms with van der Waals surface area (Å²) in [7, 11) is -4.24. The molecule has 224 valence electrons. The van der Waals surface area contributed by atoms with E-state index in [9.17, 15) is 22.4 Å². The molecule has 0 aliphatic rings. The first kappa shape index (κ1) is 31.9. The van der Waals surface area contributed by atoms with Gasteiger partial charge in [-0.25, -0.2) is 12.8 Å². The van der Waals surface area contributed by atoms with E-state index in [2.05, 4.69) is 21.2 Å². The van der Waals surface area contributed by atoms with Crippen LogP contribution >= 0.6 is 15.9 Å². The molecule has 4 aromatic rings. The molecule has 4 rings (SSSR count). The van der Waals surface area contributed by atoms with Crippen LogP contribution in [0.15, 0.2) is 119 Å². The number of nitrogens with zero attached hydrogens (tertiary/aromatic N) is 2. The third-order valence-electron chi connectivity index (χ3n) is 6.79. The molecule has 2 amide bonds. The first-order valence-corrected chi connectivity index (χ1v) is 16.1. The molecule has 0 heterocycles. The molecule has 0 saturated carbocycles. The van der Waals surface area contributed by atoms with Gasteiger partial charge in [0.05, 0.1) is 10.6 Å². The lowest BCUT2D eigenvalue weighted by Crippen LogP contribution is -2.53. The van der Waals surface area contributed by atoms with Gasteiger partial charge in [-0.3, -0.25) is 13.9 Å². The number of hydrogen-bond donors (Lipinski definition) is 1. The lowest BCUT2D eigenvalue weighted by molar-refractivity contribution is -0.140. The van der Waals surface area contributed by atoms with Crippen molar-refractivity contribution in [3.63, 3.8) is 0 Å². The maximum absolute atomic E-state index is 14.3. The van der Waals surface area contributed by atoms with E-state index in [-0.39, 0.29) is 29.5 Å². The molecule has 0 unspecified atom stereocenters. The molecular formula is C33H33BrFN3O4S. The van der Waals surface area contributed by atoms with Crippen LogP contribution in [-0.2, 0) is 32.6 Å². The van der Waals surface area contributed by atoms with E-state index in [1.165, 1.54) is 29.2 Å². The van der Waals surface area contributed by atoms with Gasteiger partial charge in [0.1, 0.15) is 18.4 Å². The Morgan fingerprint density at radius 2 is 1.49 bits per heavy atom. The molecule has 43 heavy (non-hydrogen) atoms. The smallest absolute Gasteiger partial charge is 0.264 e. The summed E-state index contributed by atoms with van der Waals surface area (Å²) in [5, 5.41) is 2.92. The molecule has 4 aromatic carbocycles. The zero-order valence-electron chi connectivity index (χ0n) is 23.7. The van der Waals surface area contributed by atoms with E-state index in [1.54, 1.807) is 18.2 Å².